The fourth-order valence-electron chi connectivity index (χ4n) is 4.47. The van der Waals surface area contributed by atoms with Gasteiger partial charge in [-0.3, -0.25) is 19.0 Å². The summed E-state index contributed by atoms with van der Waals surface area (Å²) in [5, 5.41) is 0.695. The van der Waals surface area contributed by atoms with Crippen molar-refractivity contribution in [3.8, 4) is 0 Å². The van der Waals surface area contributed by atoms with Gasteiger partial charge in [-0.25, -0.2) is 4.98 Å². The van der Waals surface area contributed by atoms with E-state index in [1.807, 2.05) is 0 Å². The Balaban J connectivity index is 1.40. The Kier molecular flexibility index (Phi) is 4.77. The van der Waals surface area contributed by atoms with E-state index in [1.54, 1.807) is 40.5 Å². The number of carbonyl (C=O) groups excluding carboxylic acids is 2. The van der Waals surface area contributed by atoms with Crippen molar-refractivity contribution >= 4 is 38.9 Å². The smallest absolute Gasteiger partial charge is 0.262 e. The number of benzene rings is 1. The number of aryl methyl sites for hydroxylation is 1. The fraction of sp³-hybridized carbons (Fsp3) is 0.391. The molecular formula is C23H23N3O3S. The highest BCUT2D eigenvalue weighted by Gasteiger charge is 2.24. The number of amides is 1. The lowest BCUT2D eigenvalue weighted by Gasteiger charge is -2.17. The zero-order valence-electron chi connectivity index (χ0n) is 16.9. The monoisotopic (exact) mass is 421 g/mol. The first-order valence-corrected chi connectivity index (χ1v) is 11.3. The van der Waals surface area contributed by atoms with Crippen molar-refractivity contribution in [1.29, 1.82) is 0 Å². The van der Waals surface area contributed by atoms with E-state index >= 15 is 0 Å². The number of rotatable bonds is 4. The summed E-state index contributed by atoms with van der Waals surface area (Å²) in [6.07, 6.45) is 5.92. The van der Waals surface area contributed by atoms with Crippen LogP contribution in [0, 0.1) is 5.92 Å². The minimum absolute atomic E-state index is 0.0369. The van der Waals surface area contributed by atoms with Crippen LogP contribution in [-0.2, 0) is 24.2 Å². The normalized spacial score (nSPS) is 18.8. The lowest BCUT2D eigenvalue weighted by molar-refractivity contribution is -0.117. The number of carbonyl (C=O) groups is 2. The van der Waals surface area contributed by atoms with Gasteiger partial charge in [0.15, 0.2) is 5.78 Å². The molecule has 7 heteroatoms. The average molecular weight is 422 g/mol. The van der Waals surface area contributed by atoms with E-state index in [1.165, 1.54) is 15.8 Å². The molecule has 2 aromatic heterocycles. The van der Waals surface area contributed by atoms with Gasteiger partial charge >= 0.3 is 0 Å². The SMILES string of the molecule is CC1CCc2c(sc3ncn(CC(=O)c4ccc(N5CCCC5=O)cc4)c(=O)c23)C1. The van der Waals surface area contributed by atoms with Crippen LogP contribution >= 0.6 is 11.3 Å². The Hall–Kier alpha value is -2.80. The second-order valence-corrected chi connectivity index (χ2v) is 9.41. The van der Waals surface area contributed by atoms with E-state index in [-0.39, 0.29) is 23.8 Å². The zero-order valence-corrected chi connectivity index (χ0v) is 17.7. The lowest BCUT2D eigenvalue weighted by atomic mass is 9.89. The highest BCUT2D eigenvalue weighted by Crippen LogP contribution is 2.35. The first kappa shape index (κ1) is 19.2. The Morgan fingerprint density at radius 2 is 2.00 bits per heavy atom. The van der Waals surface area contributed by atoms with Crippen molar-refractivity contribution in [3.63, 3.8) is 0 Å². The highest BCUT2D eigenvalue weighted by atomic mass is 32.1. The molecule has 154 valence electrons. The van der Waals surface area contributed by atoms with E-state index < -0.39 is 0 Å². The Bertz CT molecular complexity index is 1210. The number of fused-ring (bicyclic) bond motifs is 3. The first-order chi connectivity index (χ1) is 14.5. The van der Waals surface area contributed by atoms with Crippen molar-refractivity contribution in [2.24, 2.45) is 5.92 Å². The second kappa shape index (κ2) is 7.47. The molecule has 0 spiro atoms. The number of ketones is 1. The van der Waals surface area contributed by atoms with Gasteiger partial charge in [-0.15, -0.1) is 11.3 Å². The number of Topliss-reactive ketones (excluding diaryl/α,β-unsaturated/α-hetero) is 1. The highest BCUT2D eigenvalue weighted by molar-refractivity contribution is 7.18. The van der Waals surface area contributed by atoms with Crippen molar-refractivity contribution in [2.45, 2.75) is 45.6 Å². The number of hydrogen-bond acceptors (Lipinski definition) is 5. The topological polar surface area (TPSA) is 72.3 Å². The van der Waals surface area contributed by atoms with E-state index in [9.17, 15) is 14.4 Å². The summed E-state index contributed by atoms with van der Waals surface area (Å²) in [4.78, 5) is 46.1. The van der Waals surface area contributed by atoms with Gasteiger partial charge in [0.1, 0.15) is 4.83 Å². The lowest BCUT2D eigenvalue weighted by Crippen LogP contribution is -2.25. The predicted molar refractivity (Wildman–Crippen MR) is 117 cm³/mol. The van der Waals surface area contributed by atoms with Gasteiger partial charge in [-0.2, -0.15) is 0 Å². The molecule has 1 aliphatic heterocycles. The molecule has 0 N–H and O–H groups in total. The van der Waals surface area contributed by atoms with Crippen LogP contribution in [0.4, 0.5) is 5.69 Å². The molecule has 1 aromatic carbocycles. The second-order valence-electron chi connectivity index (χ2n) is 8.33. The molecular weight excluding hydrogens is 398 g/mol. The van der Waals surface area contributed by atoms with Crippen LogP contribution in [-0.4, -0.2) is 27.8 Å². The van der Waals surface area contributed by atoms with Crippen molar-refractivity contribution in [2.75, 3.05) is 11.4 Å². The number of thiophene rings is 1. The van der Waals surface area contributed by atoms with Gasteiger partial charge in [0.05, 0.1) is 18.3 Å². The average Bonchev–Trinajstić information content (AvgIpc) is 3.33. The number of aromatic nitrogens is 2. The van der Waals surface area contributed by atoms with Crippen LogP contribution in [0.1, 0.15) is 47.0 Å². The summed E-state index contributed by atoms with van der Waals surface area (Å²) in [6.45, 7) is 2.92. The van der Waals surface area contributed by atoms with Gasteiger partial charge in [0.2, 0.25) is 5.91 Å². The molecule has 6 nitrogen and oxygen atoms in total. The Morgan fingerprint density at radius 3 is 2.73 bits per heavy atom. The Morgan fingerprint density at radius 1 is 1.20 bits per heavy atom. The van der Waals surface area contributed by atoms with Gasteiger partial charge in [-0.1, -0.05) is 6.92 Å². The molecule has 1 fully saturated rings. The van der Waals surface area contributed by atoms with Gasteiger partial charge in [0.25, 0.3) is 5.56 Å². The zero-order chi connectivity index (χ0) is 20.8. The predicted octanol–water partition coefficient (Wildman–Crippen LogP) is 3.59. The molecule has 0 saturated carbocycles. The molecule has 1 amide bonds. The summed E-state index contributed by atoms with van der Waals surface area (Å²) >= 11 is 1.61. The van der Waals surface area contributed by atoms with Gasteiger partial charge in [0, 0.05) is 29.1 Å². The third-order valence-corrected chi connectivity index (χ3v) is 7.33. The maximum absolute atomic E-state index is 13.1. The quantitative estimate of drug-likeness (QED) is 0.604. The van der Waals surface area contributed by atoms with Crippen LogP contribution in [0.15, 0.2) is 35.4 Å². The summed E-state index contributed by atoms with van der Waals surface area (Å²) in [5.74, 6) is 0.608. The summed E-state index contributed by atoms with van der Waals surface area (Å²) in [7, 11) is 0. The summed E-state index contributed by atoms with van der Waals surface area (Å²) in [5.41, 5.74) is 2.35. The van der Waals surface area contributed by atoms with Crippen LogP contribution < -0.4 is 10.5 Å². The van der Waals surface area contributed by atoms with Crippen LogP contribution in [0.2, 0.25) is 0 Å². The van der Waals surface area contributed by atoms with E-state index in [4.69, 9.17) is 0 Å². The molecule has 1 atom stereocenters. The molecule has 0 bridgehead atoms. The number of hydrogen-bond donors (Lipinski definition) is 0. The third kappa shape index (κ3) is 3.27. The number of nitrogens with zero attached hydrogens (tertiary/aromatic N) is 3. The maximum Gasteiger partial charge on any atom is 0.262 e. The Labute approximate surface area is 178 Å². The molecule has 1 saturated heterocycles. The standard InChI is InChI=1S/C23H23N3O3S/c1-14-4-9-17-19(11-14)30-22-21(17)23(29)25(13-24-22)12-18(27)15-5-7-16(8-6-15)26-10-2-3-20(26)28/h5-8,13-14H,2-4,9-12H2,1H3. The van der Waals surface area contributed by atoms with Crippen LogP contribution in [0.5, 0.6) is 0 Å². The minimum Gasteiger partial charge on any atom is -0.312 e. The van der Waals surface area contributed by atoms with E-state index in [0.29, 0.717) is 23.3 Å². The summed E-state index contributed by atoms with van der Waals surface area (Å²) in [6, 6.07) is 7.07. The maximum atomic E-state index is 13.1. The molecule has 1 aliphatic carbocycles. The molecule has 30 heavy (non-hydrogen) atoms. The molecule has 5 rings (SSSR count). The molecule has 0 radical (unpaired) electrons. The van der Waals surface area contributed by atoms with Gasteiger partial charge in [-0.05, 0) is 61.4 Å². The molecule has 2 aliphatic rings. The molecule has 1 unspecified atom stereocenters. The van der Waals surface area contributed by atoms with Crippen molar-refractivity contribution in [3.05, 3.63) is 57.0 Å². The van der Waals surface area contributed by atoms with Crippen LogP contribution in [0.25, 0.3) is 10.2 Å². The fourth-order valence-corrected chi connectivity index (χ4v) is 5.81. The summed E-state index contributed by atoms with van der Waals surface area (Å²) < 4.78 is 1.42. The van der Waals surface area contributed by atoms with Crippen LogP contribution in [0.3, 0.4) is 0 Å². The molecule has 3 heterocycles. The van der Waals surface area contributed by atoms with Gasteiger partial charge < -0.3 is 4.90 Å². The van der Waals surface area contributed by atoms with E-state index in [2.05, 4.69) is 11.9 Å². The third-order valence-electron chi connectivity index (χ3n) is 6.17. The molecule has 3 aromatic rings. The largest absolute Gasteiger partial charge is 0.312 e. The minimum atomic E-state index is -0.143. The number of anilines is 1. The first-order valence-electron chi connectivity index (χ1n) is 10.4. The van der Waals surface area contributed by atoms with Crippen molar-refractivity contribution < 1.29 is 9.59 Å². The van der Waals surface area contributed by atoms with Crippen molar-refractivity contribution in [1.82, 2.24) is 9.55 Å². The van der Waals surface area contributed by atoms with E-state index in [0.717, 1.165) is 48.3 Å².